The van der Waals surface area contributed by atoms with Crippen molar-refractivity contribution in [1.29, 1.82) is 0 Å². The van der Waals surface area contributed by atoms with Gasteiger partial charge in [-0.15, -0.1) is 0 Å². The first-order chi connectivity index (χ1) is 12.2. The quantitative estimate of drug-likeness (QED) is 0.366. The van der Waals surface area contributed by atoms with Gasteiger partial charge in [-0.05, 0) is 43.1 Å². The molecule has 0 atom stereocenters. The zero-order valence-corrected chi connectivity index (χ0v) is 20.0. The maximum absolute atomic E-state index is 6.34. The van der Waals surface area contributed by atoms with E-state index in [0.717, 1.165) is 47.4 Å². The zero-order valence-electron chi connectivity index (χ0n) is 18.0. The van der Waals surface area contributed by atoms with Gasteiger partial charge in [-0.2, -0.15) is 0 Å². The summed E-state index contributed by atoms with van der Waals surface area (Å²) in [5.41, 5.74) is 0.404. The van der Waals surface area contributed by atoms with Crippen molar-refractivity contribution < 1.29 is 14.2 Å². The van der Waals surface area contributed by atoms with E-state index >= 15 is 0 Å². The fourth-order valence-electron chi connectivity index (χ4n) is 2.55. The minimum atomic E-state index is -0.641. The average Bonchev–Trinajstić information content (AvgIpc) is 2.54. The van der Waals surface area contributed by atoms with Crippen molar-refractivity contribution in [2.75, 3.05) is 19.8 Å². The van der Waals surface area contributed by atoms with Crippen molar-refractivity contribution >= 4 is 10.2 Å². The Morgan fingerprint density at radius 2 is 1.23 bits per heavy atom. The summed E-state index contributed by atoms with van der Waals surface area (Å²) < 4.78 is 18.8. The second-order valence-corrected chi connectivity index (χ2v) is 9.85. The Morgan fingerprint density at radius 1 is 0.769 bits per heavy atom. The van der Waals surface area contributed by atoms with Crippen molar-refractivity contribution in [3.05, 3.63) is 29.8 Å². The van der Waals surface area contributed by atoms with Crippen LogP contribution in [0.25, 0.3) is 0 Å². The highest BCUT2D eigenvalue weighted by Gasteiger charge is 2.31. The largest absolute Gasteiger partial charge is 0.493 e. The van der Waals surface area contributed by atoms with Crippen molar-refractivity contribution in [2.24, 2.45) is 17.8 Å². The second kappa shape index (κ2) is 11.8. The molecule has 1 rings (SSSR count). The summed E-state index contributed by atoms with van der Waals surface area (Å²) >= 11 is 0. The third-order valence-electron chi connectivity index (χ3n) is 4.47. The van der Waals surface area contributed by atoms with Crippen LogP contribution in [-0.2, 0) is 14.9 Å². The lowest BCUT2D eigenvalue weighted by Crippen LogP contribution is -2.35. The first-order valence-corrected chi connectivity index (χ1v) is 11.2. The van der Waals surface area contributed by atoms with Gasteiger partial charge in [-0.25, -0.2) is 0 Å². The highest BCUT2D eigenvalue weighted by molar-refractivity contribution is 6.14. The topological polar surface area (TPSA) is 27.7 Å². The van der Waals surface area contributed by atoms with Crippen LogP contribution in [0, 0.1) is 17.8 Å². The highest BCUT2D eigenvalue weighted by Crippen LogP contribution is 2.33. The lowest BCUT2D eigenvalue weighted by atomic mass is 10.1. The molecule has 0 aliphatic rings. The van der Waals surface area contributed by atoms with Gasteiger partial charge < -0.3 is 14.2 Å². The van der Waals surface area contributed by atoms with Crippen LogP contribution >= 0.6 is 0 Å². The minimum absolute atomic E-state index is 0.620. The van der Waals surface area contributed by atoms with Gasteiger partial charge in [0.2, 0.25) is 0 Å². The van der Waals surface area contributed by atoms with Crippen molar-refractivity contribution in [2.45, 2.75) is 66.2 Å². The van der Waals surface area contributed by atoms with Gasteiger partial charge in [0, 0.05) is 5.56 Å². The Labute approximate surface area is 164 Å². The smallest absolute Gasteiger partial charge is 0.169 e. The van der Waals surface area contributed by atoms with Crippen LogP contribution in [0.15, 0.2) is 24.3 Å². The fraction of sp³-hybridized carbons (Fsp3) is 0.727. The van der Waals surface area contributed by atoms with Crippen LogP contribution in [0.4, 0.5) is 0 Å². The zero-order chi connectivity index (χ0) is 19.6. The summed E-state index contributed by atoms with van der Waals surface area (Å²) in [6.07, 6.45) is 3.12. The van der Waals surface area contributed by atoms with Gasteiger partial charge in [0.15, 0.2) is 5.41 Å². The van der Waals surface area contributed by atoms with E-state index in [-0.39, 0.29) is 0 Å². The number of ether oxygens (including phenoxy) is 3. The average molecular weight is 381 g/mol. The molecular weight excluding hydrogens is 340 g/mol. The molecule has 0 N–H and O–H groups in total. The molecule has 0 aromatic heterocycles. The van der Waals surface area contributed by atoms with E-state index in [1.807, 2.05) is 12.1 Å². The van der Waals surface area contributed by atoms with Gasteiger partial charge in [0.1, 0.15) is 5.75 Å². The second-order valence-electron chi connectivity index (χ2n) is 8.53. The molecule has 0 unspecified atom stereocenters. The Kier molecular flexibility index (Phi) is 10.5. The lowest BCUT2D eigenvalue weighted by molar-refractivity contribution is -0.189. The number of benzene rings is 1. The van der Waals surface area contributed by atoms with E-state index in [1.54, 1.807) is 0 Å². The number of hydrogen-bond acceptors (Lipinski definition) is 3. The third kappa shape index (κ3) is 8.70. The summed E-state index contributed by atoms with van der Waals surface area (Å²) in [5.74, 6) is 2.77. The molecule has 1 aromatic rings. The first-order valence-electron chi connectivity index (χ1n) is 10.2. The summed E-state index contributed by atoms with van der Waals surface area (Å²) in [7, 11) is 0.756. The van der Waals surface area contributed by atoms with Crippen LogP contribution in [0.1, 0.15) is 66.4 Å². The molecule has 0 amide bonds. The van der Waals surface area contributed by atoms with E-state index in [2.05, 4.69) is 53.7 Å². The Morgan fingerprint density at radius 3 is 1.73 bits per heavy atom. The minimum Gasteiger partial charge on any atom is -0.493 e. The van der Waals surface area contributed by atoms with Gasteiger partial charge in [-0.3, -0.25) is 0 Å². The predicted molar refractivity (Wildman–Crippen MR) is 114 cm³/mol. The Bertz CT molecular complexity index is 486. The van der Waals surface area contributed by atoms with Crippen molar-refractivity contribution in [1.82, 2.24) is 0 Å². The maximum atomic E-state index is 6.34. The molecule has 0 aliphatic carbocycles. The SMILES string of the molecule is CC(C)CCOc1ccccc1C([SiH3])(OCCC(C)C)OCCC(C)C. The molecular formula is C22H40O3Si. The molecule has 0 radical (unpaired) electrons. The standard InChI is InChI=1S/C22H40O3Si/c1-17(2)11-14-23-21-10-8-7-9-20(21)22(26,24-15-12-18(3)4)25-16-13-19(5)6/h7-10,17-19H,11-16H2,1-6,26H3. The molecule has 0 heterocycles. The molecule has 26 heavy (non-hydrogen) atoms. The molecule has 0 saturated heterocycles. The molecule has 3 nitrogen and oxygen atoms in total. The summed E-state index contributed by atoms with van der Waals surface area (Å²) in [5, 5.41) is 0. The number of para-hydroxylation sites is 1. The van der Waals surface area contributed by atoms with E-state index in [1.165, 1.54) is 0 Å². The number of rotatable bonds is 13. The summed E-state index contributed by atoms with van der Waals surface area (Å²) in [6, 6.07) is 8.22. The van der Waals surface area contributed by atoms with E-state index in [9.17, 15) is 0 Å². The van der Waals surface area contributed by atoms with Gasteiger partial charge in [0.05, 0.1) is 30.1 Å². The molecule has 0 aliphatic heterocycles. The summed E-state index contributed by atoms with van der Waals surface area (Å²) in [4.78, 5) is 0. The van der Waals surface area contributed by atoms with Gasteiger partial charge >= 0.3 is 0 Å². The molecule has 0 bridgehead atoms. The van der Waals surface area contributed by atoms with Crippen LogP contribution in [-0.4, -0.2) is 30.1 Å². The molecule has 150 valence electrons. The predicted octanol–water partition coefficient (Wildman–Crippen LogP) is 4.71. The van der Waals surface area contributed by atoms with Crippen LogP contribution in [0.3, 0.4) is 0 Å². The number of hydrogen-bond donors (Lipinski definition) is 0. The van der Waals surface area contributed by atoms with Crippen molar-refractivity contribution in [3.8, 4) is 5.75 Å². The monoisotopic (exact) mass is 380 g/mol. The Balaban J connectivity index is 2.92. The molecule has 0 saturated carbocycles. The molecule has 1 aromatic carbocycles. The van der Waals surface area contributed by atoms with Crippen LogP contribution in [0.2, 0.25) is 0 Å². The lowest BCUT2D eigenvalue weighted by Gasteiger charge is -2.33. The van der Waals surface area contributed by atoms with Crippen molar-refractivity contribution in [3.63, 3.8) is 0 Å². The Hall–Kier alpha value is -0.843. The fourth-order valence-corrected chi connectivity index (χ4v) is 3.37. The highest BCUT2D eigenvalue weighted by atomic mass is 28.1. The van der Waals surface area contributed by atoms with E-state index < -0.39 is 5.41 Å². The van der Waals surface area contributed by atoms with Gasteiger partial charge in [-0.1, -0.05) is 59.7 Å². The third-order valence-corrected chi connectivity index (χ3v) is 5.59. The molecule has 0 fully saturated rings. The van der Waals surface area contributed by atoms with E-state index in [0.29, 0.717) is 31.0 Å². The first kappa shape index (κ1) is 23.2. The summed E-state index contributed by atoms with van der Waals surface area (Å²) in [6.45, 7) is 15.5. The van der Waals surface area contributed by atoms with Gasteiger partial charge in [0.25, 0.3) is 0 Å². The maximum Gasteiger partial charge on any atom is 0.169 e. The normalized spacial score (nSPS) is 12.5. The van der Waals surface area contributed by atoms with Crippen LogP contribution in [0.5, 0.6) is 5.75 Å². The van der Waals surface area contributed by atoms with Crippen LogP contribution < -0.4 is 4.74 Å². The molecule has 4 heteroatoms. The molecule has 0 spiro atoms. The van der Waals surface area contributed by atoms with E-state index in [4.69, 9.17) is 14.2 Å².